The molecule has 2 N–H and O–H groups in total. The number of hydrogen-bond acceptors (Lipinski definition) is 4. The van der Waals surface area contributed by atoms with Crippen LogP contribution in [0.25, 0.3) is 11.1 Å². The quantitative estimate of drug-likeness (QED) is 0.786. The van der Waals surface area contributed by atoms with Crippen LogP contribution in [-0.2, 0) is 0 Å². The fourth-order valence-electron chi connectivity index (χ4n) is 2.39. The van der Waals surface area contributed by atoms with E-state index in [1.807, 2.05) is 11.8 Å². The predicted molar refractivity (Wildman–Crippen MR) is 70.2 cm³/mol. The maximum absolute atomic E-state index is 12.4. The number of nitrogens with zero attached hydrogens (tertiary/aromatic N) is 1. The number of fused-ring (bicyclic) bond motifs is 1. The minimum atomic E-state index is -0.505. The Kier molecular flexibility index (Phi) is 2.87. The van der Waals surface area contributed by atoms with Crippen LogP contribution in [0.1, 0.15) is 17.3 Å². The third kappa shape index (κ3) is 2.15. The van der Waals surface area contributed by atoms with Crippen LogP contribution in [0.15, 0.2) is 27.4 Å². The lowest BCUT2D eigenvalue weighted by molar-refractivity contribution is 0.0656. The summed E-state index contributed by atoms with van der Waals surface area (Å²) in [6, 6.07) is 5.19. The number of aromatic amines is 1. The molecule has 1 aromatic carbocycles. The van der Waals surface area contributed by atoms with Crippen LogP contribution in [0, 0.1) is 0 Å². The lowest BCUT2D eigenvalue weighted by Gasteiger charge is -2.34. The number of piperazine rings is 1. The molecular formula is C13H15N3O3. The first-order chi connectivity index (χ1) is 9.15. The van der Waals surface area contributed by atoms with Gasteiger partial charge < -0.3 is 14.6 Å². The van der Waals surface area contributed by atoms with E-state index in [0.717, 1.165) is 13.1 Å². The molecule has 1 atom stereocenters. The summed E-state index contributed by atoms with van der Waals surface area (Å²) in [6.45, 7) is 4.30. The zero-order chi connectivity index (χ0) is 13.4. The van der Waals surface area contributed by atoms with Crippen molar-refractivity contribution < 1.29 is 9.21 Å². The van der Waals surface area contributed by atoms with E-state index in [2.05, 4.69) is 10.3 Å². The van der Waals surface area contributed by atoms with Gasteiger partial charge in [-0.15, -0.1) is 0 Å². The number of carbonyl (C=O) groups is 1. The fourth-order valence-corrected chi connectivity index (χ4v) is 2.39. The van der Waals surface area contributed by atoms with Crippen molar-refractivity contribution in [2.45, 2.75) is 13.0 Å². The van der Waals surface area contributed by atoms with Gasteiger partial charge in [-0.3, -0.25) is 9.78 Å². The number of oxazole rings is 1. The largest absolute Gasteiger partial charge is 0.417 e. The van der Waals surface area contributed by atoms with Crippen molar-refractivity contribution in [2.24, 2.45) is 0 Å². The summed E-state index contributed by atoms with van der Waals surface area (Å²) < 4.78 is 4.98. The van der Waals surface area contributed by atoms with Crippen LogP contribution in [-0.4, -0.2) is 41.5 Å². The van der Waals surface area contributed by atoms with Crippen LogP contribution < -0.4 is 11.1 Å². The third-order valence-corrected chi connectivity index (χ3v) is 3.43. The molecule has 0 radical (unpaired) electrons. The molecule has 3 rings (SSSR count). The lowest BCUT2D eigenvalue weighted by atomic mass is 10.1. The van der Waals surface area contributed by atoms with Gasteiger partial charge in [-0.05, 0) is 25.1 Å². The molecule has 1 aromatic heterocycles. The summed E-state index contributed by atoms with van der Waals surface area (Å²) in [7, 11) is 0. The molecule has 1 unspecified atom stereocenters. The van der Waals surface area contributed by atoms with Crippen LogP contribution in [0.3, 0.4) is 0 Å². The second-order valence-corrected chi connectivity index (χ2v) is 4.78. The van der Waals surface area contributed by atoms with Gasteiger partial charge in [0.2, 0.25) is 0 Å². The highest BCUT2D eigenvalue weighted by Gasteiger charge is 2.24. The Morgan fingerprint density at radius 1 is 1.47 bits per heavy atom. The van der Waals surface area contributed by atoms with Gasteiger partial charge in [0.25, 0.3) is 5.91 Å². The Hall–Kier alpha value is -2.08. The molecule has 2 heterocycles. The van der Waals surface area contributed by atoms with E-state index in [-0.39, 0.29) is 11.9 Å². The summed E-state index contributed by atoms with van der Waals surface area (Å²) in [4.78, 5) is 27.9. The highest BCUT2D eigenvalue weighted by atomic mass is 16.4. The average molecular weight is 261 g/mol. The molecule has 6 nitrogen and oxygen atoms in total. The van der Waals surface area contributed by atoms with E-state index in [1.54, 1.807) is 18.2 Å². The normalized spacial score (nSPS) is 19.8. The van der Waals surface area contributed by atoms with Crippen molar-refractivity contribution in [3.05, 3.63) is 34.3 Å². The van der Waals surface area contributed by atoms with Crippen molar-refractivity contribution >= 4 is 17.0 Å². The first-order valence-electron chi connectivity index (χ1n) is 6.30. The van der Waals surface area contributed by atoms with E-state index in [1.165, 1.54) is 0 Å². The smallest absolute Gasteiger partial charge is 0.408 e. The minimum absolute atomic E-state index is 0.0280. The van der Waals surface area contributed by atoms with E-state index < -0.39 is 5.76 Å². The fraction of sp³-hybridized carbons (Fsp3) is 0.385. The molecule has 0 saturated carbocycles. The number of hydrogen-bond donors (Lipinski definition) is 2. The van der Waals surface area contributed by atoms with E-state index in [4.69, 9.17) is 4.42 Å². The molecule has 1 aliphatic rings. The monoisotopic (exact) mass is 261 g/mol. The molecule has 6 heteroatoms. The second kappa shape index (κ2) is 4.55. The number of nitrogens with one attached hydrogen (secondary N) is 2. The maximum Gasteiger partial charge on any atom is 0.417 e. The molecule has 1 saturated heterocycles. The average Bonchev–Trinajstić information content (AvgIpc) is 2.77. The Morgan fingerprint density at radius 3 is 3.11 bits per heavy atom. The van der Waals surface area contributed by atoms with Crippen molar-refractivity contribution in [1.29, 1.82) is 0 Å². The van der Waals surface area contributed by atoms with Gasteiger partial charge in [-0.2, -0.15) is 0 Å². The molecular weight excluding hydrogens is 246 g/mol. The Labute approximate surface area is 109 Å². The number of H-pyrrole nitrogens is 1. The standard InChI is InChI=1S/C13H15N3O3/c1-8-7-14-4-5-16(8)12(17)9-2-3-10-11(6-9)19-13(18)15-10/h2-3,6,8,14H,4-5,7H2,1H3,(H,15,18). The molecule has 0 bridgehead atoms. The molecule has 1 amide bonds. The van der Waals surface area contributed by atoms with Crippen molar-refractivity contribution in [1.82, 2.24) is 15.2 Å². The van der Waals surface area contributed by atoms with Crippen LogP contribution in [0.2, 0.25) is 0 Å². The second-order valence-electron chi connectivity index (χ2n) is 4.78. The van der Waals surface area contributed by atoms with Gasteiger partial charge in [0.05, 0.1) is 5.52 Å². The lowest BCUT2D eigenvalue weighted by Crippen LogP contribution is -2.52. The summed E-state index contributed by atoms with van der Waals surface area (Å²) in [5, 5.41) is 3.25. The van der Waals surface area contributed by atoms with E-state index in [9.17, 15) is 9.59 Å². The van der Waals surface area contributed by atoms with E-state index >= 15 is 0 Å². The van der Waals surface area contributed by atoms with Gasteiger partial charge in [-0.25, -0.2) is 4.79 Å². The summed E-state index contributed by atoms with van der Waals surface area (Å²) >= 11 is 0. The third-order valence-electron chi connectivity index (χ3n) is 3.43. The zero-order valence-corrected chi connectivity index (χ0v) is 10.6. The van der Waals surface area contributed by atoms with Gasteiger partial charge in [0.15, 0.2) is 5.58 Å². The van der Waals surface area contributed by atoms with Crippen LogP contribution in [0.4, 0.5) is 0 Å². The minimum Gasteiger partial charge on any atom is -0.408 e. The molecule has 100 valence electrons. The summed E-state index contributed by atoms with van der Waals surface area (Å²) in [5.41, 5.74) is 1.57. The number of carbonyl (C=O) groups excluding carboxylic acids is 1. The molecule has 0 spiro atoms. The maximum atomic E-state index is 12.4. The Bertz CT molecular complexity index is 673. The SMILES string of the molecule is CC1CNCCN1C(=O)c1ccc2[nH]c(=O)oc2c1. The van der Waals surface area contributed by atoms with Gasteiger partial charge in [0, 0.05) is 31.2 Å². The van der Waals surface area contributed by atoms with Gasteiger partial charge in [-0.1, -0.05) is 0 Å². The highest BCUT2D eigenvalue weighted by Crippen LogP contribution is 2.16. The Morgan fingerprint density at radius 2 is 2.32 bits per heavy atom. The Balaban J connectivity index is 1.94. The van der Waals surface area contributed by atoms with Crippen LogP contribution >= 0.6 is 0 Å². The highest BCUT2D eigenvalue weighted by molar-refractivity contribution is 5.97. The molecule has 19 heavy (non-hydrogen) atoms. The number of amides is 1. The molecule has 2 aromatic rings. The summed E-state index contributed by atoms with van der Waals surface area (Å²) in [5.74, 6) is -0.533. The van der Waals surface area contributed by atoms with Crippen LogP contribution in [0.5, 0.6) is 0 Å². The van der Waals surface area contributed by atoms with Crippen molar-refractivity contribution in [3.8, 4) is 0 Å². The van der Waals surface area contributed by atoms with Crippen molar-refractivity contribution in [2.75, 3.05) is 19.6 Å². The summed E-state index contributed by atoms with van der Waals surface area (Å²) in [6.07, 6.45) is 0. The number of aromatic nitrogens is 1. The van der Waals surface area contributed by atoms with Gasteiger partial charge in [0.1, 0.15) is 0 Å². The zero-order valence-electron chi connectivity index (χ0n) is 10.6. The number of benzene rings is 1. The molecule has 1 fully saturated rings. The number of rotatable bonds is 1. The molecule has 1 aliphatic heterocycles. The van der Waals surface area contributed by atoms with Crippen molar-refractivity contribution in [3.63, 3.8) is 0 Å². The first kappa shape index (κ1) is 12.0. The first-order valence-corrected chi connectivity index (χ1v) is 6.30. The van der Waals surface area contributed by atoms with Gasteiger partial charge >= 0.3 is 5.76 Å². The predicted octanol–water partition coefficient (Wildman–Crippen LogP) is 0.555. The van der Waals surface area contributed by atoms with E-state index in [0.29, 0.717) is 23.2 Å². The molecule has 0 aliphatic carbocycles. The topological polar surface area (TPSA) is 78.3 Å².